The van der Waals surface area contributed by atoms with Crippen molar-refractivity contribution in [3.05, 3.63) is 48.3 Å². The third kappa shape index (κ3) is 11.1. The molecule has 0 spiro atoms. The molecule has 1 amide bonds. The number of nitrogens with zero attached hydrogens (tertiary/aromatic N) is 1. The lowest BCUT2D eigenvalue weighted by Crippen LogP contribution is -2.46. The molecule has 0 saturated carbocycles. The Morgan fingerprint density at radius 2 is 1.87 bits per heavy atom. The Morgan fingerprint density at radius 3 is 2.53 bits per heavy atom. The normalized spacial score (nSPS) is 20.7. The number of aromatic nitrogens is 1. The minimum absolute atomic E-state index is 0.0949. The van der Waals surface area contributed by atoms with E-state index in [1.807, 2.05) is 6.07 Å². The number of hydrogen-bond acceptors (Lipinski definition) is 10. The minimum atomic E-state index is -4.33. The quantitative estimate of drug-likeness (QED) is 0.181. The molecule has 2 heterocycles. The zero-order chi connectivity index (χ0) is 33.0. The number of carbonyl (C=O) groups excluding carboxylic acids is 3. The van der Waals surface area contributed by atoms with Crippen molar-refractivity contribution in [3.63, 3.8) is 0 Å². The number of methoxy groups -OCH3 is 1. The van der Waals surface area contributed by atoms with Crippen LogP contribution >= 0.6 is 0 Å². The van der Waals surface area contributed by atoms with Gasteiger partial charge in [-0.2, -0.15) is 13.2 Å². The van der Waals surface area contributed by atoms with Crippen LogP contribution in [0.25, 0.3) is 0 Å². The number of ether oxygens (including phenoxy) is 6. The molecule has 11 nitrogen and oxygen atoms in total. The van der Waals surface area contributed by atoms with Crippen LogP contribution in [0.3, 0.4) is 0 Å². The Bertz CT molecular complexity index is 1260. The SMILES string of the molecule is COc1ccnc(C(=O)N[C@H]2CCC[C@H](Oc3ccccc3)[C@@H](OCCCC(F)(F)F)[C@H](C)OC2=O)c1OCOC(=O)C(C)C. The number of cyclic esters (lactones) is 1. The van der Waals surface area contributed by atoms with Gasteiger partial charge < -0.3 is 33.7 Å². The average Bonchev–Trinajstić information content (AvgIpc) is 3.04. The van der Waals surface area contributed by atoms with Crippen molar-refractivity contribution in [1.29, 1.82) is 0 Å². The Labute approximate surface area is 259 Å². The van der Waals surface area contributed by atoms with Gasteiger partial charge in [0.1, 0.15) is 30.1 Å². The molecule has 1 aliphatic rings. The Balaban J connectivity index is 1.76. The standard InChI is InChI=1S/C31H39F3N2O9/c1-19(2)29(38)43-18-42-27-23(40-4)14-16-35-25(27)28(37)36-22-12-8-13-24(45-21-10-6-5-7-11-21)26(20(3)44-30(22)39)41-17-9-15-31(32,33)34/h5-7,10-11,14,16,19-20,22,24,26H,8-9,12-13,15,17-18H2,1-4H3,(H,36,37)/t20-,22-,24-,26-/m0/s1. The molecule has 1 fully saturated rings. The third-order valence-electron chi connectivity index (χ3n) is 6.83. The summed E-state index contributed by atoms with van der Waals surface area (Å²) in [5.41, 5.74) is -0.216. The van der Waals surface area contributed by atoms with Crippen molar-refractivity contribution in [2.75, 3.05) is 20.5 Å². The van der Waals surface area contributed by atoms with Crippen molar-refractivity contribution in [3.8, 4) is 17.2 Å². The van der Waals surface area contributed by atoms with E-state index in [1.54, 1.807) is 45.0 Å². The van der Waals surface area contributed by atoms with Gasteiger partial charge in [0.25, 0.3) is 5.91 Å². The maximum Gasteiger partial charge on any atom is 0.389 e. The summed E-state index contributed by atoms with van der Waals surface area (Å²) in [7, 11) is 1.36. The van der Waals surface area contributed by atoms with Crippen LogP contribution in [0.5, 0.6) is 17.2 Å². The van der Waals surface area contributed by atoms with Crippen LogP contribution in [-0.4, -0.2) is 73.9 Å². The molecule has 0 radical (unpaired) electrons. The highest BCUT2D eigenvalue weighted by Crippen LogP contribution is 2.30. The smallest absolute Gasteiger partial charge is 0.389 e. The molecule has 1 aliphatic heterocycles. The van der Waals surface area contributed by atoms with Gasteiger partial charge in [0.05, 0.1) is 13.0 Å². The molecule has 0 aliphatic carbocycles. The molecule has 1 N–H and O–H groups in total. The number of halogens is 3. The summed E-state index contributed by atoms with van der Waals surface area (Å²) in [6.07, 6.45) is -5.91. The van der Waals surface area contributed by atoms with E-state index in [-0.39, 0.29) is 36.6 Å². The molecule has 1 saturated heterocycles. The molecule has 14 heteroatoms. The van der Waals surface area contributed by atoms with Gasteiger partial charge in [-0.15, -0.1) is 0 Å². The van der Waals surface area contributed by atoms with E-state index < -0.39 is 67.5 Å². The van der Waals surface area contributed by atoms with Gasteiger partial charge in [-0.3, -0.25) is 9.59 Å². The van der Waals surface area contributed by atoms with Crippen molar-refractivity contribution in [2.24, 2.45) is 5.92 Å². The molecule has 0 bridgehead atoms. The van der Waals surface area contributed by atoms with Crippen LogP contribution in [0.4, 0.5) is 13.2 Å². The molecule has 1 aromatic carbocycles. The van der Waals surface area contributed by atoms with Crippen molar-refractivity contribution >= 4 is 17.8 Å². The molecule has 248 valence electrons. The summed E-state index contributed by atoms with van der Waals surface area (Å²) in [4.78, 5) is 42.6. The van der Waals surface area contributed by atoms with Crippen molar-refractivity contribution in [1.82, 2.24) is 10.3 Å². The first-order valence-corrected chi connectivity index (χ1v) is 14.6. The van der Waals surface area contributed by atoms with E-state index in [0.717, 1.165) is 0 Å². The lowest BCUT2D eigenvalue weighted by atomic mass is 10.0. The lowest BCUT2D eigenvalue weighted by Gasteiger charge is -2.31. The van der Waals surface area contributed by atoms with Crippen LogP contribution in [0.2, 0.25) is 0 Å². The average molecular weight is 641 g/mol. The number of pyridine rings is 1. The first kappa shape index (κ1) is 35.4. The van der Waals surface area contributed by atoms with Gasteiger partial charge in [0.2, 0.25) is 6.79 Å². The van der Waals surface area contributed by atoms with E-state index in [4.69, 9.17) is 28.4 Å². The molecule has 1 aromatic heterocycles. The minimum Gasteiger partial charge on any atom is -0.493 e. The predicted molar refractivity (Wildman–Crippen MR) is 154 cm³/mol. The highest BCUT2D eigenvalue weighted by molar-refractivity contribution is 5.98. The van der Waals surface area contributed by atoms with Crippen molar-refractivity contribution in [2.45, 2.75) is 83.4 Å². The Kier molecular flexibility index (Phi) is 13.3. The highest BCUT2D eigenvalue weighted by Gasteiger charge is 2.37. The first-order valence-electron chi connectivity index (χ1n) is 14.6. The molecule has 2 aromatic rings. The molecule has 45 heavy (non-hydrogen) atoms. The van der Waals surface area contributed by atoms with Gasteiger partial charge in [0.15, 0.2) is 17.2 Å². The number of carbonyl (C=O) groups is 3. The summed E-state index contributed by atoms with van der Waals surface area (Å²) in [6.45, 7) is 4.14. The van der Waals surface area contributed by atoms with Crippen LogP contribution in [-0.2, 0) is 23.8 Å². The van der Waals surface area contributed by atoms with Crippen LogP contribution in [0.1, 0.15) is 63.4 Å². The van der Waals surface area contributed by atoms with E-state index in [0.29, 0.717) is 18.6 Å². The monoisotopic (exact) mass is 640 g/mol. The van der Waals surface area contributed by atoms with Gasteiger partial charge >= 0.3 is 18.1 Å². The Morgan fingerprint density at radius 1 is 1.13 bits per heavy atom. The summed E-state index contributed by atoms with van der Waals surface area (Å²) in [5, 5.41) is 2.63. The first-order chi connectivity index (χ1) is 21.4. The topological polar surface area (TPSA) is 132 Å². The second kappa shape index (κ2) is 16.8. The molecular formula is C31H39F3N2O9. The van der Waals surface area contributed by atoms with E-state index in [1.165, 1.54) is 19.4 Å². The number of nitrogens with one attached hydrogen (secondary N) is 1. The number of alkyl halides is 3. The lowest BCUT2D eigenvalue weighted by molar-refractivity contribution is -0.165. The van der Waals surface area contributed by atoms with Crippen molar-refractivity contribution < 1.29 is 56.0 Å². The van der Waals surface area contributed by atoms with Crippen LogP contribution < -0.4 is 19.5 Å². The fourth-order valence-corrected chi connectivity index (χ4v) is 4.54. The zero-order valence-corrected chi connectivity index (χ0v) is 25.6. The number of para-hydroxylation sites is 1. The zero-order valence-electron chi connectivity index (χ0n) is 25.6. The van der Waals surface area contributed by atoms with Gasteiger partial charge in [0, 0.05) is 25.3 Å². The van der Waals surface area contributed by atoms with Gasteiger partial charge in [-0.1, -0.05) is 32.0 Å². The maximum atomic E-state index is 13.4. The van der Waals surface area contributed by atoms with Gasteiger partial charge in [-0.05, 0) is 44.7 Å². The van der Waals surface area contributed by atoms with Crippen LogP contribution in [0.15, 0.2) is 42.6 Å². The number of benzene rings is 1. The van der Waals surface area contributed by atoms with E-state index in [9.17, 15) is 27.6 Å². The summed E-state index contributed by atoms with van der Waals surface area (Å²) < 4.78 is 71.7. The van der Waals surface area contributed by atoms with E-state index in [2.05, 4.69) is 10.3 Å². The Hall–Kier alpha value is -4.07. The largest absolute Gasteiger partial charge is 0.493 e. The summed E-state index contributed by atoms with van der Waals surface area (Å²) in [6, 6.07) is 9.17. The van der Waals surface area contributed by atoms with Gasteiger partial charge in [-0.25, -0.2) is 9.78 Å². The van der Waals surface area contributed by atoms with Crippen LogP contribution in [0, 0.1) is 5.92 Å². The third-order valence-corrected chi connectivity index (χ3v) is 6.83. The number of rotatable bonds is 13. The second-order valence-corrected chi connectivity index (χ2v) is 10.7. The molecule has 3 rings (SSSR count). The fourth-order valence-electron chi connectivity index (χ4n) is 4.54. The van der Waals surface area contributed by atoms with E-state index >= 15 is 0 Å². The summed E-state index contributed by atoms with van der Waals surface area (Å²) >= 11 is 0. The number of esters is 2. The molecular weight excluding hydrogens is 601 g/mol. The summed E-state index contributed by atoms with van der Waals surface area (Å²) in [5.74, 6) is -1.88. The number of hydrogen-bond donors (Lipinski definition) is 1. The second-order valence-electron chi connectivity index (χ2n) is 10.7. The maximum absolute atomic E-state index is 13.4. The molecule has 0 unspecified atom stereocenters. The fraction of sp³-hybridized carbons (Fsp3) is 0.548. The number of amides is 1. The molecule has 4 atom stereocenters. The predicted octanol–water partition coefficient (Wildman–Crippen LogP) is 5.02. The highest BCUT2D eigenvalue weighted by atomic mass is 19.4.